The summed E-state index contributed by atoms with van der Waals surface area (Å²) in [5.41, 5.74) is 4.23. The summed E-state index contributed by atoms with van der Waals surface area (Å²) in [6, 6.07) is 9.75. The number of aromatic nitrogens is 1. The molecule has 0 saturated carbocycles. The maximum Gasteiger partial charge on any atom is 0.224 e. The number of fused-ring (bicyclic) bond motifs is 3. The molecule has 6 heteroatoms. The largest absolute Gasteiger partial charge is 0.439 e. The van der Waals surface area contributed by atoms with Gasteiger partial charge in [-0.3, -0.25) is 0 Å². The van der Waals surface area contributed by atoms with Crippen molar-refractivity contribution in [3.05, 3.63) is 57.8 Å². The van der Waals surface area contributed by atoms with E-state index in [1.54, 1.807) is 11.3 Å². The molecule has 5 nitrogen and oxygen atoms in total. The zero-order valence-electron chi connectivity index (χ0n) is 16.1. The number of carbonyl (C=O) groups excluding carboxylic acids is 1. The number of aryl methyl sites for hydroxylation is 2. The molecular weight excluding hydrogens is 360 g/mol. The first-order chi connectivity index (χ1) is 12.9. The normalized spacial score (nSPS) is 12.1. The predicted molar refractivity (Wildman–Crippen MR) is 108 cm³/mol. The number of para-hydroxylation sites is 1. The monoisotopic (exact) mass is 382 g/mol. The van der Waals surface area contributed by atoms with E-state index in [0.29, 0.717) is 12.4 Å². The van der Waals surface area contributed by atoms with E-state index in [1.165, 1.54) is 24.3 Å². The van der Waals surface area contributed by atoms with Crippen LogP contribution in [0.4, 0.5) is 0 Å². The average molecular weight is 382 g/mol. The first-order valence-corrected chi connectivity index (χ1v) is 9.50. The van der Waals surface area contributed by atoms with Crippen LogP contribution in [0.5, 0.6) is 5.75 Å². The molecule has 3 aromatic rings. The highest BCUT2D eigenvalue weighted by atomic mass is 32.1. The van der Waals surface area contributed by atoms with Crippen LogP contribution in [0.2, 0.25) is 0 Å². The molecule has 140 valence electrons. The lowest BCUT2D eigenvalue weighted by Gasteiger charge is -2.09. The SMILES string of the molecule is CC(C)=O.Cc1noc2c1-c1sc(C)c(C)c1C(Oc1ccccc1)=NC2. The van der Waals surface area contributed by atoms with Crippen molar-refractivity contribution in [2.75, 3.05) is 0 Å². The Morgan fingerprint density at radius 3 is 2.44 bits per heavy atom. The maximum absolute atomic E-state index is 9.44. The topological polar surface area (TPSA) is 64.7 Å². The Labute approximate surface area is 162 Å². The van der Waals surface area contributed by atoms with E-state index in [-0.39, 0.29) is 5.78 Å². The molecule has 0 atom stereocenters. The van der Waals surface area contributed by atoms with E-state index < -0.39 is 0 Å². The van der Waals surface area contributed by atoms with Crippen LogP contribution >= 0.6 is 11.3 Å². The molecule has 2 aromatic heterocycles. The molecule has 0 fully saturated rings. The van der Waals surface area contributed by atoms with Crippen molar-refractivity contribution >= 4 is 23.0 Å². The predicted octanol–water partition coefficient (Wildman–Crippen LogP) is 5.26. The van der Waals surface area contributed by atoms with E-state index in [9.17, 15) is 4.79 Å². The second kappa shape index (κ2) is 7.88. The highest BCUT2D eigenvalue weighted by Gasteiger charge is 2.28. The minimum atomic E-state index is 0.167. The minimum Gasteiger partial charge on any atom is -0.439 e. The highest BCUT2D eigenvalue weighted by molar-refractivity contribution is 7.16. The van der Waals surface area contributed by atoms with Gasteiger partial charge in [-0.15, -0.1) is 11.3 Å². The summed E-state index contributed by atoms with van der Waals surface area (Å²) in [6.45, 7) is 9.71. The van der Waals surface area contributed by atoms with Gasteiger partial charge in [-0.05, 0) is 52.3 Å². The summed E-state index contributed by atoms with van der Waals surface area (Å²) in [5.74, 6) is 2.41. The van der Waals surface area contributed by atoms with Crippen molar-refractivity contribution < 1.29 is 14.1 Å². The van der Waals surface area contributed by atoms with Crippen LogP contribution in [-0.2, 0) is 11.3 Å². The fraction of sp³-hybridized carbons (Fsp3) is 0.286. The third-order valence-corrected chi connectivity index (χ3v) is 5.31. The Kier molecular flexibility index (Phi) is 5.56. The molecule has 0 saturated heterocycles. The number of benzene rings is 1. The van der Waals surface area contributed by atoms with Gasteiger partial charge in [0.15, 0.2) is 5.76 Å². The number of rotatable bonds is 1. The van der Waals surface area contributed by atoms with E-state index >= 15 is 0 Å². The first-order valence-electron chi connectivity index (χ1n) is 8.68. The standard InChI is InChI=1S/C18H16N2O2S.C3H6O/c1-10-12(3)23-17-15(10)18(21-13-7-5-4-6-8-13)19-9-14-16(17)11(2)20-22-14;1-3(2)4/h4-8H,9H2,1-3H3;1-2H3. The molecule has 1 aliphatic rings. The molecule has 0 spiro atoms. The van der Waals surface area contributed by atoms with Crippen LogP contribution in [0.1, 0.15) is 41.3 Å². The Balaban J connectivity index is 0.000000481. The van der Waals surface area contributed by atoms with Crippen LogP contribution in [0, 0.1) is 20.8 Å². The number of thiophene rings is 1. The van der Waals surface area contributed by atoms with Gasteiger partial charge >= 0.3 is 0 Å². The van der Waals surface area contributed by atoms with Gasteiger partial charge in [-0.25, -0.2) is 4.99 Å². The maximum atomic E-state index is 9.44. The molecular formula is C21H22N2O3S. The van der Waals surface area contributed by atoms with Crippen LogP contribution < -0.4 is 4.74 Å². The smallest absolute Gasteiger partial charge is 0.224 e. The molecule has 0 aliphatic carbocycles. The Morgan fingerprint density at radius 1 is 1.11 bits per heavy atom. The lowest BCUT2D eigenvalue weighted by molar-refractivity contribution is -0.114. The Bertz CT molecular complexity index is 996. The van der Waals surface area contributed by atoms with Gasteiger partial charge in [0.1, 0.15) is 18.1 Å². The van der Waals surface area contributed by atoms with E-state index in [2.05, 4.69) is 24.0 Å². The number of Topliss-reactive ketones (excluding diaryl/α,β-unsaturated/α-hetero) is 1. The zero-order chi connectivity index (χ0) is 19.6. The van der Waals surface area contributed by atoms with E-state index in [1.807, 2.05) is 37.3 Å². The number of nitrogens with zero attached hydrogens (tertiary/aromatic N) is 2. The lowest BCUT2D eigenvalue weighted by Crippen LogP contribution is -2.11. The van der Waals surface area contributed by atoms with Crippen molar-refractivity contribution in [1.29, 1.82) is 0 Å². The minimum absolute atomic E-state index is 0.167. The van der Waals surface area contributed by atoms with Crippen LogP contribution in [-0.4, -0.2) is 16.8 Å². The number of ketones is 1. The molecule has 0 radical (unpaired) electrons. The molecule has 1 aliphatic heterocycles. The molecule has 0 N–H and O–H groups in total. The number of aliphatic imine (C=N–C) groups is 1. The Morgan fingerprint density at radius 2 is 1.78 bits per heavy atom. The number of carbonyl (C=O) groups is 1. The summed E-state index contributed by atoms with van der Waals surface area (Å²) in [5, 5.41) is 4.11. The summed E-state index contributed by atoms with van der Waals surface area (Å²) in [6.07, 6.45) is 0. The fourth-order valence-corrected chi connectivity index (χ4v) is 4.05. The molecule has 3 heterocycles. The second-order valence-electron chi connectivity index (χ2n) is 6.50. The number of ether oxygens (including phenoxy) is 1. The first kappa shape index (κ1) is 19.0. The van der Waals surface area contributed by atoms with Crippen molar-refractivity contribution in [3.8, 4) is 16.2 Å². The average Bonchev–Trinajstić information content (AvgIpc) is 3.07. The number of hydrogen-bond acceptors (Lipinski definition) is 6. The van der Waals surface area contributed by atoms with Crippen LogP contribution in [0.3, 0.4) is 0 Å². The van der Waals surface area contributed by atoms with Gasteiger partial charge in [-0.1, -0.05) is 23.4 Å². The molecule has 27 heavy (non-hydrogen) atoms. The van der Waals surface area contributed by atoms with Gasteiger partial charge < -0.3 is 14.1 Å². The summed E-state index contributed by atoms with van der Waals surface area (Å²) in [4.78, 5) is 16.5. The van der Waals surface area contributed by atoms with Gasteiger partial charge in [0.25, 0.3) is 0 Å². The number of hydrogen-bond donors (Lipinski definition) is 0. The second-order valence-corrected chi connectivity index (χ2v) is 7.72. The zero-order valence-corrected chi connectivity index (χ0v) is 16.9. The van der Waals surface area contributed by atoms with Gasteiger partial charge in [0.05, 0.1) is 21.7 Å². The van der Waals surface area contributed by atoms with Gasteiger partial charge in [0.2, 0.25) is 5.90 Å². The van der Waals surface area contributed by atoms with Crippen molar-refractivity contribution in [2.24, 2.45) is 4.99 Å². The molecule has 4 rings (SSSR count). The van der Waals surface area contributed by atoms with Gasteiger partial charge in [0, 0.05) is 4.88 Å². The summed E-state index contributed by atoms with van der Waals surface area (Å²) in [7, 11) is 0. The van der Waals surface area contributed by atoms with Crippen molar-refractivity contribution in [3.63, 3.8) is 0 Å². The van der Waals surface area contributed by atoms with Crippen molar-refractivity contribution in [2.45, 2.75) is 41.2 Å². The Hall–Kier alpha value is -2.73. The third kappa shape index (κ3) is 4.01. The van der Waals surface area contributed by atoms with Gasteiger partial charge in [-0.2, -0.15) is 0 Å². The molecule has 0 unspecified atom stereocenters. The third-order valence-electron chi connectivity index (χ3n) is 4.08. The fourth-order valence-electron chi connectivity index (χ4n) is 2.78. The molecule has 0 amide bonds. The quantitative estimate of drug-likeness (QED) is 0.576. The summed E-state index contributed by atoms with van der Waals surface area (Å²) < 4.78 is 11.6. The summed E-state index contributed by atoms with van der Waals surface area (Å²) >= 11 is 1.75. The van der Waals surface area contributed by atoms with Crippen molar-refractivity contribution in [1.82, 2.24) is 5.16 Å². The highest BCUT2D eigenvalue weighted by Crippen LogP contribution is 2.42. The van der Waals surface area contributed by atoms with Crippen LogP contribution in [0.15, 0.2) is 39.8 Å². The van der Waals surface area contributed by atoms with E-state index in [0.717, 1.165) is 33.2 Å². The van der Waals surface area contributed by atoms with E-state index in [4.69, 9.17) is 9.26 Å². The molecule has 0 bridgehead atoms. The van der Waals surface area contributed by atoms with Crippen LogP contribution in [0.25, 0.3) is 10.4 Å². The lowest BCUT2D eigenvalue weighted by atomic mass is 10.0. The molecule has 1 aromatic carbocycles.